The van der Waals surface area contributed by atoms with Crippen molar-refractivity contribution >= 4 is 15.9 Å². The Kier molecular flexibility index (Phi) is 4.56. The van der Waals surface area contributed by atoms with Gasteiger partial charge in [0.25, 0.3) is 0 Å². The number of aromatic nitrogens is 3. The lowest BCUT2D eigenvalue weighted by Gasteiger charge is -2.27. The maximum Gasteiger partial charge on any atom is 0.138 e. The van der Waals surface area contributed by atoms with Crippen LogP contribution in [0.4, 0.5) is 0 Å². The van der Waals surface area contributed by atoms with Crippen LogP contribution in [0.2, 0.25) is 0 Å². The summed E-state index contributed by atoms with van der Waals surface area (Å²) in [5.41, 5.74) is 0. The van der Waals surface area contributed by atoms with Crippen molar-refractivity contribution in [2.75, 3.05) is 13.2 Å². The molecule has 0 bridgehead atoms. The quantitative estimate of drug-likeness (QED) is 0.801. The molecule has 1 aromatic rings. The molecule has 0 radical (unpaired) electrons. The normalized spacial score (nSPS) is 25.4. The van der Waals surface area contributed by atoms with Crippen molar-refractivity contribution in [3.63, 3.8) is 0 Å². The zero-order valence-corrected chi connectivity index (χ0v) is 12.1. The van der Waals surface area contributed by atoms with E-state index in [1.807, 2.05) is 4.68 Å². The molecule has 0 N–H and O–H groups in total. The minimum Gasteiger partial charge on any atom is -0.381 e. The van der Waals surface area contributed by atoms with Gasteiger partial charge in [0.1, 0.15) is 12.2 Å². The van der Waals surface area contributed by atoms with Crippen molar-refractivity contribution in [3.05, 3.63) is 12.2 Å². The zero-order chi connectivity index (χ0) is 12.3. The smallest absolute Gasteiger partial charge is 0.138 e. The van der Waals surface area contributed by atoms with Crippen molar-refractivity contribution in [2.24, 2.45) is 11.8 Å². The van der Waals surface area contributed by atoms with Crippen LogP contribution < -0.4 is 0 Å². The van der Waals surface area contributed by atoms with Gasteiger partial charge >= 0.3 is 0 Å². The Morgan fingerprint density at radius 3 is 3.12 bits per heavy atom. The number of nitrogens with zero attached hydrogens (tertiary/aromatic N) is 3. The maximum atomic E-state index is 5.53. The molecular weight excluding hydrogens is 282 g/mol. The van der Waals surface area contributed by atoms with Crippen LogP contribution in [0.3, 0.4) is 0 Å². The molecule has 2 atom stereocenters. The highest BCUT2D eigenvalue weighted by atomic mass is 79.9. The van der Waals surface area contributed by atoms with Crippen molar-refractivity contribution in [1.82, 2.24) is 14.8 Å². The standard InChI is InChI=1S/C12H20BrN3O/c1-9(2)6-16-12(14-8-15-16)5-10-7-17-4-3-11(10)13/h8-11H,3-7H2,1-2H3. The minimum absolute atomic E-state index is 0.513. The molecule has 96 valence electrons. The first-order chi connectivity index (χ1) is 8.16. The van der Waals surface area contributed by atoms with Gasteiger partial charge in [-0.15, -0.1) is 0 Å². The van der Waals surface area contributed by atoms with E-state index < -0.39 is 0 Å². The summed E-state index contributed by atoms with van der Waals surface area (Å²) in [4.78, 5) is 4.92. The summed E-state index contributed by atoms with van der Waals surface area (Å²) in [6, 6.07) is 0. The highest BCUT2D eigenvalue weighted by molar-refractivity contribution is 9.09. The summed E-state index contributed by atoms with van der Waals surface area (Å²) in [6.45, 7) is 7.02. The molecule has 5 heteroatoms. The van der Waals surface area contributed by atoms with Crippen molar-refractivity contribution in [1.29, 1.82) is 0 Å². The van der Waals surface area contributed by atoms with Crippen LogP contribution in [0, 0.1) is 11.8 Å². The van der Waals surface area contributed by atoms with Gasteiger partial charge in [0, 0.05) is 30.3 Å². The maximum absolute atomic E-state index is 5.53. The lowest BCUT2D eigenvalue weighted by Crippen LogP contribution is -2.30. The fraction of sp³-hybridized carbons (Fsp3) is 0.833. The molecule has 17 heavy (non-hydrogen) atoms. The summed E-state index contributed by atoms with van der Waals surface area (Å²) < 4.78 is 7.56. The zero-order valence-electron chi connectivity index (χ0n) is 10.5. The van der Waals surface area contributed by atoms with Gasteiger partial charge in [-0.25, -0.2) is 9.67 Å². The third-order valence-electron chi connectivity index (χ3n) is 3.06. The fourth-order valence-electron chi connectivity index (χ4n) is 2.14. The first kappa shape index (κ1) is 13.0. The van der Waals surface area contributed by atoms with Gasteiger partial charge in [0.15, 0.2) is 0 Å². The summed E-state index contributed by atoms with van der Waals surface area (Å²) in [7, 11) is 0. The summed E-state index contributed by atoms with van der Waals surface area (Å²) in [6.07, 6.45) is 3.69. The third-order valence-corrected chi connectivity index (χ3v) is 4.27. The predicted octanol–water partition coefficient (Wildman–Crippen LogP) is 2.28. The molecule has 1 saturated heterocycles. The molecule has 2 heterocycles. The highest BCUT2D eigenvalue weighted by Crippen LogP contribution is 2.25. The second kappa shape index (κ2) is 5.96. The molecule has 0 spiro atoms. The van der Waals surface area contributed by atoms with Crippen LogP contribution in [-0.2, 0) is 17.7 Å². The molecule has 0 aromatic carbocycles. The second-order valence-electron chi connectivity index (χ2n) is 5.10. The Hall–Kier alpha value is -0.420. The van der Waals surface area contributed by atoms with E-state index in [1.165, 1.54) is 0 Å². The first-order valence-electron chi connectivity index (χ1n) is 6.25. The van der Waals surface area contributed by atoms with E-state index in [1.54, 1.807) is 6.33 Å². The van der Waals surface area contributed by atoms with Gasteiger partial charge < -0.3 is 4.74 Å². The molecule has 1 aromatic heterocycles. The minimum atomic E-state index is 0.513. The Bertz CT molecular complexity index is 353. The topological polar surface area (TPSA) is 39.9 Å². The Labute approximate surface area is 111 Å². The van der Waals surface area contributed by atoms with E-state index in [0.29, 0.717) is 16.7 Å². The van der Waals surface area contributed by atoms with E-state index >= 15 is 0 Å². The largest absolute Gasteiger partial charge is 0.381 e. The summed E-state index contributed by atoms with van der Waals surface area (Å²) >= 11 is 3.74. The predicted molar refractivity (Wildman–Crippen MR) is 70.2 cm³/mol. The monoisotopic (exact) mass is 301 g/mol. The fourth-order valence-corrected chi connectivity index (χ4v) is 2.66. The number of rotatable bonds is 4. The highest BCUT2D eigenvalue weighted by Gasteiger charge is 2.25. The van der Waals surface area contributed by atoms with Crippen LogP contribution in [0.1, 0.15) is 26.1 Å². The average molecular weight is 302 g/mol. The van der Waals surface area contributed by atoms with E-state index in [2.05, 4.69) is 39.9 Å². The summed E-state index contributed by atoms with van der Waals surface area (Å²) in [5.74, 6) is 2.19. The number of alkyl halides is 1. The van der Waals surface area contributed by atoms with E-state index in [0.717, 1.165) is 38.4 Å². The van der Waals surface area contributed by atoms with Crippen LogP contribution >= 0.6 is 15.9 Å². The van der Waals surface area contributed by atoms with E-state index in [4.69, 9.17) is 4.74 Å². The average Bonchev–Trinajstić information content (AvgIpc) is 2.68. The van der Waals surface area contributed by atoms with Gasteiger partial charge in [-0.2, -0.15) is 5.10 Å². The van der Waals surface area contributed by atoms with Gasteiger partial charge in [0.2, 0.25) is 0 Å². The van der Waals surface area contributed by atoms with Gasteiger partial charge in [-0.3, -0.25) is 0 Å². The van der Waals surface area contributed by atoms with E-state index in [-0.39, 0.29) is 0 Å². The molecule has 4 nitrogen and oxygen atoms in total. The molecule has 2 unspecified atom stereocenters. The molecule has 0 amide bonds. The number of hydrogen-bond donors (Lipinski definition) is 0. The Morgan fingerprint density at radius 1 is 1.59 bits per heavy atom. The lowest BCUT2D eigenvalue weighted by molar-refractivity contribution is 0.0594. The SMILES string of the molecule is CC(C)Cn1ncnc1CC1COCCC1Br. The molecule has 1 aliphatic rings. The first-order valence-corrected chi connectivity index (χ1v) is 7.17. The molecule has 0 aliphatic carbocycles. The van der Waals surface area contributed by atoms with Gasteiger partial charge in [-0.05, 0) is 12.3 Å². The molecule has 0 saturated carbocycles. The lowest BCUT2D eigenvalue weighted by atomic mass is 9.98. The molecule has 1 fully saturated rings. The van der Waals surface area contributed by atoms with Crippen molar-refractivity contribution in [2.45, 2.75) is 38.1 Å². The Morgan fingerprint density at radius 2 is 2.41 bits per heavy atom. The van der Waals surface area contributed by atoms with Crippen LogP contribution in [0.25, 0.3) is 0 Å². The van der Waals surface area contributed by atoms with E-state index in [9.17, 15) is 0 Å². The van der Waals surface area contributed by atoms with Crippen LogP contribution in [0.15, 0.2) is 6.33 Å². The summed E-state index contributed by atoms with van der Waals surface area (Å²) in [5, 5.41) is 4.30. The molecule has 2 rings (SSSR count). The van der Waals surface area contributed by atoms with Crippen molar-refractivity contribution < 1.29 is 4.74 Å². The molecular formula is C12H20BrN3O. The van der Waals surface area contributed by atoms with Crippen LogP contribution in [-0.4, -0.2) is 32.8 Å². The number of hydrogen-bond acceptors (Lipinski definition) is 3. The Balaban J connectivity index is 1.99. The third kappa shape index (κ3) is 3.52. The number of halogens is 1. The van der Waals surface area contributed by atoms with Gasteiger partial charge in [0.05, 0.1) is 6.61 Å². The number of ether oxygens (including phenoxy) is 1. The molecule has 1 aliphatic heterocycles. The van der Waals surface area contributed by atoms with Crippen LogP contribution in [0.5, 0.6) is 0 Å². The van der Waals surface area contributed by atoms with Crippen molar-refractivity contribution in [3.8, 4) is 0 Å². The second-order valence-corrected chi connectivity index (χ2v) is 6.27. The van der Waals surface area contributed by atoms with Gasteiger partial charge in [-0.1, -0.05) is 29.8 Å².